The Bertz CT molecular complexity index is 760. The molecule has 1 unspecified atom stereocenters. The number of aromatic nitrogens is 4. The molecule has 0 aliphatic rings. The van der Waals surface area contributed by atoms with E-state index in [-0.39, 0.29) is 5.38 Å². The lowest BCUT2D eigenvalue weighted by Gasteiger charge is -2.07. The Labute approximate surface area is 121 Å². The molecule has 0 saturated heterocycles. The number of hydrogen-bond acceptors (Lipinski definition) is 3. The maximum Gasteiger partial charge on any atom is 0.146 e. The third-order valence-corrected chi connectivity index (χ3v) is 3.39. The van der Waals surface area contributed by atoms with E-state index in [9.17, 15) is 0 Å². The molecule has 2 aromatic heterocycles. The maximum atomic E-state index is 6.28. The van der Waals surface area contributed by atoms with E-state index in [1.807, 2.05) is 42.9 Å². The molecule has 1 atom stereocenters. The lowest BCUT2D eigenvalue weighted by Crippen LogP contribution is -2.00. The smallest absolute Gasteiger partial charge is 0.146 e. The number of methoxy groups -OCH3 is 1. The molecule has 6 heteroatoms. The van der Waals surface area contributed by atoms with Crippen molar-refractivity contribution >= 4 is 22.6 Å². The van der Waals surface area contributed by atoms with Gasteiger partial charge in [-0.1, -0.05) is 6.07 Å². The number of fused-ring (bicyclic) bond motifs is 1. The summed E-state index contributed by atoms with van der Waals surface area (Å²) in [6.45, 7) is 1.90. The number of nitrogens with zero attached hydrogens (tertiary/aromatic N) is 4. The molecule has 3 aromatic rings. The first-order valence-corrected chi connectivity index (χ1v) is 6.74. The fraction of sp³-hybridized carbons (Fsp3) is 0.286. The summed E-state index contributed by atoms with van der Waals surface area (Å²) in [5.74, 6) is 1.52. The summed E-state index contributed by atoms with van der Waals surface area (Å²) in [5.41, 5.74) is 2.70. The molecule has 0 spiro atoms. The molecule has 0 aliphatic heterocycles. The second-order valence-corrected chi connectivity index (χ2v) is 5.28. The number of alkyl halides is 1. The van der Waals surface area contributed by atoms with Crippen LogP contribution in [-0.2, 0) is 7.05 Å². The number of hydrogen-bond donors (Lipinski definition) is 0. The van der Waals surface area contributed by atoms with Crippen molar-refractivity contribution in [2.75, 3.05) is 7.11 Å². The van der Waals surface area contributed by atoms with Crippen LogP contribution >= 0.6 is 11.6 Å². The van der Waals surface area contributed by atoms with Gasteiger partial charge in [0.05, 0.1) is 29.9 Å². The van der Waals surface area contributed by atoms with Crippen LogP contribution in [0.2, 0.25) is 0 Å². The van der Waals surface area contributed by atoms with E-state index in [4.69, 9.17) is 16.3 Å². The average Bonchev–Trinajstić information content (AvgIpc) is 3.01. The van der Waals surface area contributed by atoms with E-state index >= 15 is 0 Å². The Hall–Kier alpha value is -2.01. The zero-order chi connectivity index (χ0) is 14.3. The van der Waals surface area contributed by atoms with Gasteiger partial charge in [0, 0.05) is 13.2 Å². The molecule has 0 aliphatic carbocycles. The summed E-state index contributed by atoms with van der Waals surface area (Å²) in [4.78, 5) is 4.64. The van der Waals surface area contributed by atoms with Crippen molar-refractivity contribution < 1.29 is 4.74 Å². The third-order valence-electron chi connectivity index (χ3n) is 3.20. The van der Waals surface area contributed by atoms with Crippen LogP contribution in [0.15, 0.2) is 30.6 Å². The molecule has 20 heavy (non-hydrogen) atoms. The molecule has 0 amide bonds. The molecule has 0 saturated carbocycles. The first-order valence-electron chi connectivity index (χ1n) is 6.30. The summed E-state index contributed by atoms with van der Waals surface area (Å²) in [6.07, 6.45) is 3.73. The van der Waals surface area contributed by atoms with Crippen molar-refractivity contribution in [1.82, 2.24) is 19.3 Å². The van der Waals surface area contributed by atoms with Crippen LogP contribution in [0.25, 0.3) is 16.7 Å². The van der Waals surface area contributed by atoms with Gasteiger partial charge in [0.1, 0.15) is 17.1 Å². The minimum absolute atomic E-state index is 0.215. The van der Waals surface area contributed by atoms with Gasteiger partial charge in [0.2, 0.25) is 0 Å². The summed E-state index contributed by atoms with van der Waals surface area (Å²) in [7, 11) is 3.52. The van der Waals surface area contributed by atoms with Crippen LogP contribution in [0.4, 0.5) is 0 Å². The van der Waals surface area contributed by atoms with Gasteiger partial charge in [-0.15, -0.1) is 11.6 Å². The van der Waals surface area contributed by atoms with Gasteiger partial charge >= 0.3 is 0 Å². The summed E-state index contributed by atoms with van der Waals surface area (Å²) < 4.78 is 9.15. The third kappa shape index (κ3) is 1.94. The predicted molar refractivity (Wildman–Crippen MR) is 78.7 cm³/mol. The van der Waals surface area contributed by atoms with Gasteiger partial charge in [-0.3, -0.25) is 9.25 Å². The minimum Gasteiger partial charge on any atom is -0.494 e. The van der Waals surface area contributed by atoms with E-state index in [0.717, 1.165) is 28.3 Å². The number of para-hydroxylation sites is 1. The Morgan fingerprint density at radius 1 is 1.35 bits per heavy atom. The normalized spacial score (nSPS) is 12.8. The van der Waals surface area contributed by atoms with E-state index in [0.29, 0.717) is 0 Å². The Morgan fingerprint density at radius 2 is 2.15 bits per heavy atom. The zero-order valence-electron chi connectivity index (χ0n) is 11.5. The fourth-order valence-corrected chi connectivity index (χ4v) is 2.46. The fourth-order valence-electron chi connectivity index (χ4n) is 2.32. The molecule has 0 fully saturated rings. The van der Waals surface area contributed by atoms with Gasteiger partial charge < -0.3 is 4.74 Å². The number of benzene rings is 1. The molecule has 0 radical (unpaired) electrons. The molecular weight excluding hydrogens is 276 g/mol. The monoisotopic (exact) mass is 290 g/mol. The van der Waals surface area contributed by atoms with E-state index in [1.54, 1.807) is 18.0 Å². The van der Waals surface area contributed by atoms with E-state index in [1.165, 1.54) is 0 Å². The van der Waals surface area contributed by atoms with Gasteiger partial charge in [-0.2, -0.15) is 5.10 Å². The Balaban J connectivity index is 2.36. The second kappa shape index (κ2) is 4.83. The molecule has 3 rings (SSSR count). The highest BCUT2D eigenvalue weighted by atomic mass is 35.5. The summed E-state index contributed by atoms with van der Waals surface area (Å²) >= 11 is 6.28. The van der Waals surface area contributed by atoms with Crippen molar-refractivity contribution in [3.63, 3.8) is 0 Å². The van der Waals surface area contributed by atoms with Crippen LogP contribution < -0.4 is 4.74 Å². The lowest BCUT2D eigenvalue weighted by molar-refractivity contribution is 0.419. The lowest BCUT2D eigenvalue weighted by atomic mass is 10.3. The van der Waals surface area contributed by atoms with Crippen LogP contribution in [0.5, 0.6) is 5.75 Å². The van der Waals surface area contributed by atoms with Crippen LogP contribution in [0.3, 0.4) is 0 Å². The van der Waals surface area contributed by atoms with Crippen LogP contribution in [0.1, 0.15) is 18.1 Å². The largest absolute Gasteiger partial charge is 0.494 e. The average molecular weight is 291 g/mol. The Kier molecular flexibility index (Phi) is 3.14. The highest BCUT2D eigenvalue weighted by Gasteiger charge is 2.19. The van der Waals surface area contributed by atoms with Gasteiger partial charge in [0.25, 0.3) is 0 Å². The highest BCUT2D eigenvalue weighted by molar-refractivity contribution is 6.20. The Morgan fingerprint density at radius 3 is 2.75 bits per heavy atom. The first kappa shape index (κ1) is 13.0. The second-order valence-electron chi connectivity index (χ2n) is 4.62. The van der Waals surface area contributed by atoms with Gasteiger partial charge in [-0.05, 0) is 19.1 Å². The number of imidazole rings is 1. The first-order chi connectivity index (χ1) is 9.61. The quantitative estimate of drug-likeness (QED) is 0.696. The van der Waals surface area contributed by atoms with E-state index in [2.05, 4.69) is 10.1 Å². The molecule has 0 N–H and O–H groups in total. The topological polar surface area (TPSA) is 44.9 Å². The summed E-state index contributed by atoms with van der Waals surface area (Å²) in [6, 6.07) is 5.84. The van der Waals surface area contributed by atoms with Crippen LogP contribution in [0, 0.1) is 0 Å². The SMILES string of the molecule is COc1cccc2c1nc(C(C)Cl)n2-c1cnn(C)c1. The van der Waals surface area contributed by atoms with Gasteiger partial charge in [-0.25, -0.2) is 4.98 Å². The zero-order valence-corrected chi connectivity index (χ0v) is 12.3. The van der Waals surface area contributed by atoms with Gasteiger partial charge in [0.15, 0.2) is 0 Å². The molecule has 104 valence electrons. The standard InChI is InChI=1S/C14H15ClN4O/c1-9(15)14-17-13-11(5-4-6-12(13)20-3)19(14)10-7-16-18(2)8-10/h4-9H,1-3H3. The van der Waals surface area contributed by atoms with Crippen molar-refractivity contribution in [1.29, 1.82) is 0 Å². The number of halogens is 1. The summed E-state index contributed by atoms with van der Waals surface area (Å²) in [5, 5.41) is 4.00. The highest BCUT2D eigenvalue weighted by Crippen LogP contribution is 2.32. The van der Waals surface area contributed by atoms with Crippen molar-refractivity contribution in [2.24, 2.45) is 7.05 Å². The molecule has 5 nitrogen and oxygen atoms in total. The predicted octanol–water partition coefficient (Wildman–Crippen LogP) is 3.07. The van der Waals surface area contributed by atoms with E-state index < -0.39 is 0 Å². The van der Waals surface area contributed by atoms with Crippen molar-refractivity contribution in [2.45, 2.75) is 12.3 Å². The molecule has 0 bridgehead atoms. The molecule has 1 aromatic carbocycles. The molecule has 2 heterocycles. The van der Waals surface area contributed by atoms with Crippen molar-refractivity contribution in [3.8, 4) is 11.4 Å². The molecular formula is C14H15ClN4O. The van der Waals surface area contributed by atoms with Crippen LogP contribution in [-0.4, -0.2) is 26.4 Å². The number of aryl methyl sites for hydroxylation is 1. The minimum atomic E-state index is -0.215. The number of rotatable bonds is 3. The van der Waals surface area contributed by atoms with Crippen molar-refractivity contribution in [3.05, 3.63) is 36.4 Å². The number of ether oxygens (including phenoxy) is 1. The maximum absolute atomic E-state index is 6.28.